The minimum absolute atomic E-state index is 0.435. The van der Waals surface area contributed by atoms with Crippen molar-refractivity contribution in [1.82, 2.24) is 10.2 Å². The standard InChI is InChI=1S/C18H30N2/c1-13-8-9-20(16(4)10-13)12-18(19-5)17-7-6-14(2)15(3)11-17/h6-7,11,13,16,18-19H,8-10,12H2,1-5H3. The van der Waals surface area contributed by atoms with E-state index in [4.69, 9.17) is 0 Å². The van der Waals surface area contributed by atoms with Gasteiger partial charge in [-0.1, -0.05) is 25.1 Å². The maximum absolute atomic E-state index is 3.50. The summed E-state index contributed by atoms with van der Waals surface area (Å²) in [5.41, 5.74) is 4.19. The van der Waals surface area contributed by atoms with Gasteiger partial charge in [0.1, 0.15) is 0 Å². The van der Waals surface area contributed by atoms with E-state index in [0.717, 1.165) is 12.5 Å². The van der Waals surface area contributed by atoms with Crippen LogP contribution in [0.1, 0.15) is 49.4 Å². The molecular formula is C18H30N2. The normalized spacial score (nSPS) is 25.6. The third-order valence-electron chi connectivity index (χ3n) is 4.97. The smallest absolute Gasteiger partial charge is 0.0447 e. The Morgan fingerprint density at radius 3 is 2.60 bits per heavy atom. The third-order valence-corrected chi connectivity index (χ3v) is 4.97. The minimum atomic E-state index is 0.435. The fraction of sp³-hybridized carbons (Fsp3) is 0.667. The summed E-state index contributed by atoms with van der Waals surface area (Å²) in [6.07, 6.45) is 2.68. The Bertz CT molecular complexity index is 441. The Hall–Kier alpha value is -0.860. The first-order chi connectivity index (χ1) is 9.51. The monoisotopic (exact) mass is 274 g/mol. The van der Waals surface area contributed by atoms with E-state index in [1.54, 1.807) is 0 Å². The molecule has 1 aliphatic rings. The highest BCUT2D eigenvalue weighted by atomic mass is 15.2. The summed E-state index contributed by atoms with van der Waals surface area (Å²) < 4.78 is 0. The van der Waals surface area contributed by atoms with E-state index in [1.807, 2.05) is 0 Å². The molecule has 0 saturated carbocycles. The van der Waals surface area contributed by atoms with Crippen LogP contribution in [0.4, 0.5) is 0 Å². The molecule has 1 aliphatic heterocycles. The zero-order valence-corrected chi connectivity index (χ0v) is 13.7. The van der Waals surface area contributed by atoms with Crippen LogP contribution in [0.25, 0.3) is 0 Å². The first-order valence-electron chi connectivity index (χ1n) is 7.99. The molecule has 0 radical (unpaired) electrons. The SMILES string of the molecule is CNC(CN1CCC(C)CC1C)c1ccc(C)c(C)c1. The molecule has 2 heteroatoms. The van der Waals surface area contributed by atoms with E-state index in [1.165, 1.54) is 36.1 Å². The summed E-state index contributed by atoms with van der Waals surface area (Å²) in [5, 5.41) is 3.50. The minimum Gasteiger partial charge on any atom is -0.312 e. The number of piperidine rings is 1. The van der Waals surface area contributed by atoms with Crippen molar-refractivity contribution in [2.45, 2.75) is 52.6 Å². The summed E-state index contributed by atoms with van der Waals surface area (Å²) in [4.78, 5) is 2.65. The zero-order chi connectivity index (χ0) is 14.7. The molecular weight excluding hydrogens is 244 g/mol. The molecule has 1 fully saturated rings. The molecule has 1 N–H and O–H groups in total. The molecule has 2 rings (SSSR count). The highest BCUT2D eigenvalue weighted by Gasteiger charge is 2.25. The van der Waals surface area contributed by atoms with Crippen molar-refractivity contribution in [2.75, 3.05) is 20.1 Å². The van der Waals surface area contributed by atoms with Gasteiger partial charge in [-0.3, -0.25) is 4.90 Å². The van der Waals surface area contributed by atoms with E-state index in [0.29, 0.717) is 12.1 Å². The second kappa shape index (κ2) is 6.73. The highest BCUT2D eigenvalue weighted by Crippen LogP contribution is 2.25. The van der Waals surface area contributed by atoms with Gasteiger partial charge in [-0.2, -0.15) is 0 Å². The van der Waals surface area contributed by atoms with E-state index >= 15 is 0 Å². The molecule has 112 valence electrons. The number of hydrogen-bond donors (Lipinski definition) is 1. The molecule has 2 nitrogen and oxygen atoms in total. The first-order valence-corrected chi connectivity index (χ1v) is 7.99. The molecule has 1 aromatic carbocycles. The van der Waals surface area contributed by atoms with Crippen LogP contribution in [0.15, 0.2) is 18.2 Å². The number of nitrogens with zero attached hydrogens (tertiary/aromatic N) is 1. The van der Waals surface area contributed by atoms with Crippen molar-refractivity contribution in [3.63, 3.8) is 0 Å². The van der Waals surface area contributed by atoms with E-state index in [2.05, 4.69) is 63.2 Å². The molecule has 1 aromatic rings. The van der Waals surface area contributed by atoms with E-state index < -0.39 is 0 Å². The van der Waals surface area contributed by atoms with Gasteiger partial charge in [0.2, 0.25) is 0 Å². The maximum Gasteiger partial charge on any atom is 0.0447 e. The van der Waals surface area contributed by atoms with Gasteiger partial charge in [0.05, 0.1) is 0 Å². The Morgan fingerprint density at radius 2 is 2.00 bits per heavy atom. The molecule has 0 spiro atoms. The molecule has 0 amide bonds. The summed E-state index contributed by atoms with van der Waals surface area (Å²) in [7, 11) is 2.08. The number of nitrogens with one attached hydrogen (secondary N) is 1. The quantitative estimate of drug-likeness (QED) is 0.901. The van der Waals surface area contributed by atoms with Gasteiger partial charge in [0, 0.05) is 18.6 Å². The van der Waals surface area contributed by atoms with Crippen molar-refractivity contribution < 1.29 is 0 Å². The van der Waals surface area contributed by atoms with E-state index in [9.17, 15) is 0 Å². The predicted molar refractivity (Wildman–Crippen MR) is 87.1 cm³/mol. The number of benzene rings is 1. The van der Waals surface area contributed by atoms with Crippen LogP contribution in [-0.2, 0) is 0 Å². The lowest BCUT2D eigenvalue weighted by Gasteiger charge is -2.38. The third kappa shape index (κ3) is 3.62. The zero-order valence-electron chi connectivity index (χ0n) is 13.7. The van der Waals surface area contributed by atoms with Crippen LogP contribution >= 0.6 is 0 Å². The Kier molecular flexibility index (Phi) is 5.22. The number of likely N-dealkylation sites (N-methyl/N-ethyl adjacent to an activating group) is 1. The number of hydrogen-bond acceptors (Lipinski definition) is 2. The topological polar surface area (TPSA) is 15.3 Å². The molecule has 1 saturated heterocycles. The van der Waals surface area contributed by atoms with Gasteiger partial charge in [0.15, 0.2) is 0 Å². The average Bonchev–Trinajstić information content (AvgIpc) is 2.41. The van der Waals surface area contributed by atoms with E-state index in [-0.39, 0.29) is 0 Å². The van der Waals surface area contributed by atoms with Crippen molar-refractivity contribution in [1.29, 1.82) is 0 Å². The van der Waals surface area contributed by atoms with Gasteiger partial charge in [0.25, 0.3) is 0 Å². The summed E-state index contributed by atoms with van der Waals surface area (Å²) in [6, 6.07) is 8.01. The van der Waals surface area contributed by atoms with Crippen LogP contribution in [0.2, 0.25) is 0 Å². The lowest BCUT2D eigenvalue weighted by Crippen LogP contribution is -2.44. The van der Waals surface area contributed by atoms with Gasteiger partial charge < -0.3 is 5.32 Å². The second-order valence-electron chi connectivity index (χ2n) is 6.66. The Balaban J connectivity index is 2.06. The number of aryl methyl sites for hydroxylation is 2. The molecule has 0 bridgehead atoms. The van der Waals surface area contributed by atoms with Crippen LogP contribution < -0.4 is 5.32 Å². The van der Waals surface area contributed by atoms with Gasteiger partial charge in [-0.05, 0) is 69.8 Å². The summed E-state index contributed by atoms with van der Waals surface area (Å²) in [6.45, 7) is 11.5. The Morgan fingerprint density at radius 1 is 1.25 bits per heavy atom. The van der Waals surface area contributed by atoms with Crippen LogP contribution in [0.5, 0.6) is 0 Å². The number of rotatable bonds is 4. The summed E-state index contributed by atoms with van der Waals surface area (Å²) >= 11 is 0. The molecule has 0 aromatic heterocycles. The van der Waals surface area contributed by atoms with Crippen LogP contribution in [0.3, 0.4) is 0 Å². The van der Waals surface area contributed by atoms with Crippen molar-refractivity contribution in [3.8, 4) is 0 Å². The molecule has 1 heterocycles. The Labute approximate surface area is 124 Å². The fourth-order valence-corrected chi connectivity index (χ4v) is 3.31. The highest BCUT2D eigenvalue weighted by molar-refractivity contribution is 5.31. The molecule has 20 heavy (non-hydrogen) atoms. The fourth-order valence-electron chi connectivity index (χ4n) is 3.31. The van der Waals surface area contributed by atoms with Gasteiger partial charge in [-0.15, -0.1) is 0 Å². The van der Waals surface area contributed by atoms with Crippen LogP contribution in [-0.4, -0.2) is 31.1 Å². The van der Waals surface area contributed by atoms with Gasteiger partial charge >= 0.3 is 0 Å². The molecule has 3 atom stereocenters. The van der Waals surface area contributed by atoms with Crippen molar-refractivity contribution >= 4 is 0 Å². The largest absolute Gasteiger partial charge is 0.312 e. The summed E-state index contributed by atoms with van der Waals surface area (Å²) in [5.74, 6) is 0.885. The lowest BCUT2D eigenvalue weighted by molar-refractivity contribution is 0.118. The number of likely N-dealkylation sites (tertiary alicyclic amines) is 1. The second-order valence-corrected chi connectivity index (χ2v) is 6.66. The van der Waals surface area contributed by atoms with Crippen molar-refractivity contribution in [3.05, 3.63) is 34.9 Å². The first kappa shape index (κ1) is 15.5. The van der Waals surface area contributed by atoms with Crippen molar-refractivity contribution in [2.24, 2.45) is 5.92 Å². The molecule has 3 unspecified atom stereocenters. The predicted octanol–water partition coefficient (Wildman–Crippen LogP) is 3.68. The van der Waals surface area contributed by atoms with Gasteiger partial charge in [-0.25, -0.2) is 0 Å². The maximum atomic E-state index is 3.50. The average molecular weight is 274 g/mol. The lowest BCUT2D eigenvalue weighted by atomic mass is 9.92. The van der Waals surface area contributed by atoms with Crippen LogP contribution in [0, 0.1) is 19.8 Å². The molecule has 0 aliphatic carbocycles.